The molecule has 0 aliphatic carbocycles. The van der Waals surface area contributed by atoms with Crippen molar-refractivity contribution >= 4 is 17.0 Å². The topological polar surface area (TPSA) is 69.3 Å². The van der Waals surface area contributed by atoms with Gasteiger partial charge in [0.25, 0.3) is 0 Å². The number of halogens is 3. The molecular formula is C16H21F3N4O2S. The smallest absolute Gasteiger partial charge is 0.338 e. The van der Waals surface area contributed by atoms with Gasteiger partial charge in [0.1, 0.15) is 0 Å². The van der Waals surface area contributed by atoms with E-state index >= 15 is 0 Å². The minimum Gasteiger partial charge on any atom is -0.338 e. The Hall–Kier alpha value is -1.26. The summed E-state index contributed by atoms with van der Waals surface area (Å²) in [6.45, 7) is 4.65. The van der Waals surface area contributed by atoms with Crippen LogP contribution in [0.3, 0.4) is 0 Å². The Balaban J connectivity index is 1.62. The van der Waals surface area contributed by atoms with Crippen LogP contribution in [-0.2, 0) is 17.3 Å². The maximum absolute atomic E-state index is 13.5. The highest BCUT2D eigenvalue weighted by Gasteiger charge is 2.55. The van der Waals surface area contributed by atoms with Crippen molar-refractivity contribution in [3.8, 4) is 0 Å². The second-order valence-corrected chi connectivity index (χ2v) is 8.44. The van der Waals surface area contributed by atoms with Gasteiger partial charge in [0.2, 0.25) is 5.95 Å². The van der Waals surface area contributed by atoms with Crippen molar-refractivity contribution in [1.82, 2.24) is 14.9 Å². The third-order valence-corrected chi connectivity index (χ3v) is 6.51. The van der Waals surface area contributed by atoms with E-state index in [0.29, 0.717) is 25.2 Å². The molecule has 10 heteroatoms. The van der Waals surface area contributed by atoms with Crippen molar-refractivity contribution in [2.24, 2.45) is 0 Å². The third kappa shape index (κ3) is 3.01. The average molecular weight is 390 g/mol. The molecule has 0 radical (unpaired) electrons. The summed E-state index contributed by atoms with van der Waals surface area (Å²) in [7, 11) is 0. The van der Waals surface area contributed by atoms with Gasteiger partial charge in [0.05, 0.1) is 11.4 Å². The van der Waals surface area contributed by atoms with E-state index in [1.54, 1.807) is 0 Å². The maximum Gasteiger partial charge on any atom is 0.433 e. The summed E-state index contributed by atoms with van der Waals surface area (Å²) < 4.78 is 60.5. The number of fused-ring (bicyclic) bond motifs is 1. The number of nitrogens with zero attached hydrogens (tertiary/aromatic N) is 4. The van der Waals surface area contributed by atoms with Crippen LogP contribution in [0, 0.1) is 6.92 Å². The number of piperidine rings is 1. The molecule has 3 saturated heterocycles. The lowest BCUT2D eigenvalue weighted by Gasteiger charge is -2.39. The van der Waals surface area contributed by atoms with Crippen molar-refractivity contribution in [3.63, 3.8) is 0 Å². The maximum atomic E-state index is 13.5. The third-order valence-electron chi connectivity index (χ3n) is 5.88. The van der Waals surface area contributed by atoms with Gasteiger partial charge >= 0.3 is 6.18 Å². The van der Waals surface area contributed by atoms with E-state index in [-0.39, 0.29) is 41.3 Å². The van der Waals surface area contributed by atoms with Crippen LogP contribution in [0.5, 0.6) is 0 Å². The summed E-state index contributed by atoms with van der Waals surface area (Å²) in [6.07, 6.45) is -2.91. The standard InChI is InChI=1S/C16H21F3N4O2S/c1-8-3-4-22(8)15-20-13(9(2)14(21-15)16(17,18)19)10-5-11-12(7-26(24)25)23(11)6-10/h8,10-12H,3-7H2,1-2H3,(H,24,25)/t8-,10?,11-,12+,23?/m0/s1. The second-order valence-electron chi connectivity index (χ2n) is 7.46. The van der Waals surface area contributed by atoms with Gasteiger partial charge in [-0.2, -0.15) is 13.2 Å². The van der Waals surface area contributed by atoms with Crippen molar-refractivity contribution in [2.75, 3.05) is 23.7 Å². The normalized spacial score (nSPS) is 34.4. The summed E-state index contributed by atoms with van der Waals surface area (Å²) in [5.74, 6) is 0.271. The minimum absolute atomic E-state index is 0.0659. The van der Waals surface area contributed by atoms with E-state index in [1.807, 2.05) is 11.8 Å². The molecule has 0 aromatic carbocycles. The van der Waals surface area contributed by atoms with E-state index in [2.05, 4.69) is 14.9 Å². The number of hydrogen-bond donors (Lipinski definition) is 1. The molecule has 0 saturated carbocycles. The van der Waals surface area contributed by atoms with Gasteiger partial charge in [-0.3, -0.25) is 4.90 Å². The van der Waals surface area contributed by atoms with E-state index in [4.69, 9.17) is 4.55 Å². The monoisotopic (exact) mass is 390 g/mol. The minimum atomic E-state index is -4.51. The molecule has 3 aliphatic heterocycles. The van der Waals surface area contributed by atoms with Gasteiger partial charge < -0.3 is 9.45 Å². The molecule has 6 atom stereocenters. The SMILES string of the molecule is Cc1c(C2C[C@H]3[C@@H](CS(=O)O)N3C2)nc(N2CC[C@@H]2C)nc1C(F)(F)F. The van der Waals surface area contributed by atoms with E-state index in [0.717, 1.165) is 6.42 Å². The van der Waals surface area contributed by atoms with Crippen LogP contribution in [0.15, 0.2) is 0 Å². The van der Waals surface area contributed by atoms with Crippen LogP contribution in [0.1, 0.15) is 42.6 Å². The first kappa shape index (κ1) is 18.1. The Morgan fingerprint density at radius 3 is 2.54 bits per heavy atom. The summed E-state index contributed by atoms with van der Waals surface area (Å²) >= 11 is -1.85. The summed E-state index contributed by atoms with van der Waals surface area (Å²) in [5, 5.41) is 0. The fourth-order valence-electron chi connectivity index (χ4n) is 4.26. The predicted octanol–water partition coefficient (Wildman–Crippen LogP) is 2.16. The zero-order valence-electron chi connectivity index (χ0n) is 14.5. The molecule has 1 aromatic rings. The highest BCUT2D eigenvalue weighted by atomic mass is 32.2. The molecule has 1 aromatic heterocycles. The van der Waals surface area contributed by atoms with Crippen LogP contribution in [-0.4, -0.2) is 60.6 Å². The quantitative estimate of drug-likeness (QED) is 0.628. The Kier molecular flexibility index (Phi) is 4.27. The predicted molar refractivity (Wildman–Crippen MR) is 90.5 cm³/mol. The second kappa shape index (κ2) is 6.13. The zero-order valence-corrected chi connectivity index (χ0v) is 15.3. The molecule has 0 amide bonds. The molecule has 6 nitrogen and oxygen atoms in total. The molecule has 4 heterocycles. The van der Waals surface area contributed by atoms with Crippen LogP contribution in [0.2, 0.25) is 0 Å². The van der Waals surface area contributed by atoms with Gasteiger partial charge in [0, 0.05) is 42.7 Å². The first-order valence-electron chi connectivity index (χ1n) is 8.72. The van der Waals surface area contributed by atoms with Gasteiger partial charge in [0.15, 0.2) is 16.8 Å². The summed E-state index contributed by atoms with van der Waals surface area (Å²) in [5.41, 5.74) is -0.276. The largest absolute Gasteiger partial charge is 0.433 e. The van der Waals surface area contributed by atoms with E-state index < -0.39 is 23.0 Å². The van der Waals surface area contributed by atoms with Crippen molar-refractivity contribution in [1.29, 1.82) is 0 Å². The van der Waals surface area contributed by atoms with Crippen LogP contribution in [0.4, 0.5) is 19.1 Å². The van der Waals surface area contributed by atoms with Crippen molar-refractivity contribution in [2.45, 2.75) is 56.9 Å². The molecule has 3 unspecified atom stereocenters. The highest BCUT2D eigenvalue weighted by Crippen LogP contribution is 2.47. The number of rotatable bonds is 4. The van der Waals surface area contributed by atoms with Gasteiger partial charge in [-0.25, -0.2) is 14.2 Å². The van der Waals surface area contributed by atoms with E-state index in [9.17, 15) is 17.4 Å². The van der Waals surface area contributed by atoms with Crippen molar-refractivity contribution < 1.29 is 21.9 Å². The van der Waals surface area contributed by atoms with E-state index in [1.165, 1.54) is 6.92 Å². The van der Waals surface area contributed by atoms with Crippen LogP contribution < -0.4 is 4.90 Å². The average Bonchev–Trinajstić information content (AvgIpc) is 2.96. The first-order chi connectivity index (χ1) is 12.2. The van der Waals surface area contributed by atoms with Gasteiger partial charge in [-0.1, -0.05) is 0 Å². The number of alkyl halides is 3. The van der Waals surface area contributed by atoms with Crippen LogP contribution in [0.25, 0.3) is 0 Å². The Morgan fingerprint density at radius 2 is 2.08 bits per heavy atom. The zero-order chi connectivity index (χ0) is 18.8. The number of aromatic nitrogens is 2. The van der Waals surface area contributed by atoms with Crippen molar-refractivity contribution in [3.05, 3.63) is 17.0 Å². The molecular weight excluding hydrogens is 369 g/mol. The lowest BCUT2D eigenvalue weighted by Crippen LogP contribution is -2.47. The Morgan fingerprint density at radius 1 is 1.35 bits per heavy atom. The Labute approximate surface area is 152 Å². The molecule has 4 rings (SSSR count). The molecule has 144 valence electrons. The highest BCUT2D eigenvalue weighted by molar-refractivity contribution is 7.79. The summed E-state index contributed by atoms with van der Waals surface area (Å²) in [6, 6.07) is 0.388. The lowest BCUT2D eigenvalue weighted by atomic mass is 9.95. The van der Waals surface area contributed by atoms with Crippen LogP contribution >= 0.6 is 0 Å². The Bertz CT molecular complexity index is 748. The van der Waals surface area contributed by atoms with Gasteiger partial charge in [-0.05, 0) is 26.7 Å². The first-order valence-corrected chi connectivity index (χ1v) is 10.00. The van der Waals surface area contributed by atoms with Gasteiger partial charge in [-0.15, -0.1) is 0 Å². The fraction of sp³-hybridized carbons (Fsp3) is 0.750. The molecule has 0 spiro atoms. The molecule has 3 aliphatic rings. The summed E-state index contributed by atoms with van der Waals surface area (Å²) in [4.78, 5) is 12.3. The fourth-order valence-corrected chi connectivity index (χ4v) is 4.97. The molecule has 26 heavy (non-hydrogen) atoms. The number of hydrogen-bond acceptors (Lipinski definition) is 5. The molecule has 3 fully saturated rings. The molecule has 0 bridgehead atoms. The number of anilines is 1. The molecule has 1 N–H and O–H groups in total. The lowest BCUT2D eigenvalue weighted by molar-refractivity contribution is -0.141.